The quantitative estimate of drug-likeness (QED) is 0.0222. The normalized spacial score (nSPS) is 14.8. The Morgan fingerprint density at radius 1 is 0.322 bits per heavy atom. The Bertz CT molecular complexity index is 1770. The molecule has 0 rings (SSSR count). The fourth-order valence-corrected chi connectivity index (χ4v) is 12.2. The largest absolute Gasteiger partial charge is 0.472 e. The van der Waals surface area contributed by atoms with Gasteiger partial charge >= 0.3 is 39.5 Å². The van der Waals surface area contributed by atoms with Gasteiger partial charge in [-0.05, 0) is 43.4 Å². The number of hydrogen-bond acceptors (Lipinski definition) is 15. The van der Waals surface area contributed by atoms with Crippen molar-refractivity contribution >= 4 is 39.5 Å². The van der Waals surface area contributed by atoms with Gasteiger partial charge in [0.1, 0.15) is 19.3 Å². The zero-order valence-corrected chi connectivity index (χ0v) is 60.4. The molecule has 0 aromatic rings. The third kappa shape index (κ3) is 62.2. The number of ether oxygens (including phenoxy) is 4. The lowest BCUT2D eigenvalue weighted by atomic mass is 9.99. The molecule has 0 aromatic heterocycles. The van der Waals surface area contributed by atoms with Crippen LogP contribution in [0.5, 0.6) is 0 Å². The van der Waals surface area contributed by atoms with Gasteiger partial charge in [-0.1, -0.05) is 305 Å². The molecule has 0 spiro atoms. The monoisotopic (exact) mass is 1320 g/mol. The number of carbonyl (C=O) groups is 4. The average molecular weight is 1330 g/mol. The summed E-state index contributed by atoms with van der Waals surface area (Å²) in [5.41, 5.74) is 0. The maximum Gasteiger partial charge on any atom is 0.472 e. The first-order valence-electron chi connectivity index (χ1n) is 36.9. The van der Waals surface area contributed by atoms with Crippen molar-refractivity contribution in [1.29, 1.82) is 0 Å². The zero-order valence-electron chi connectivity index (χ0n) is 58.6. The first-order valence-corrected chi connectivity index (χ1v) is 39.9. The second-order valence-corrected chi connectivity index (χ2v) is 29.5. The fourth-order valence-electron chi connectivity index (χ4n) is 10.7. The smallest absolute Gasteiger partial charge is 0.462 e. The Labute approximate surface area is 549 Å². The number of aliphatic hydroxyl groups excluding tert-OH is 1. The molecular formula is C71H138O17P2. The number of phosphoric ester groups is 2. The SMILES string of the molecule is CCCCCCCCCCCC(=O)OC[C@H](COP(=O)(O)OC[C@H](O)COP(=O)(O)OC[C@@H](COC(=O)CCCCCCCCCCCCC(C)C)OC(=O)CCCCCCCCCCCCCCCCC(C)CC)OC(=O)CCCCCCCCC(C)CC. The Morgan fingerprint density at radius 2 is 0.567 bits per heavy atom. The van der Waals surface area contributed by atoms with E-state index in [1.807, 2.05) is 0 Å². The predicted octanol–water partition coefficient (Wildman–Crippen LogP) is 20.2. The minimum Gasteiger partial charge on any atom is -0.462 e. The van der Waals surface area contributed by atoms with E-state index in [1.54, 1.807) is 0 Å². The van der Waals surface area contributed by atoms with Crippen molar-refractivity contribution in [3.63, 3.8) is 0 Å². The summed E-state index contributed by atoms with van der Waals surface area (Å²) in [7, 11) is -9.90. The number of rotatable bonds is 69. The van der Waals surface area contributed by atoms with Gasteiger partial charge in [0.25, 0.3) is 0 Å². The van der Waals surface area contributed by atoms with Crippen LogP contribution in [0.1, 0.15) is 357 Å². The highest BCUT2D eigenvalue weighted by Crippen LogP contribution is 2.45. The molecule has 0 aliphatic heterocycles. The molecule has 90 heavy (non-hydrogen) atoms. The van der Waals surface area contributed by atoms with Crippen LogP contribution in [0, 0.1) is 17.8 Å². The van der Waals surface area contributed by atoms with Crippen LogP contribution >= 0.6 is 15.6 Å². The van der Waals surface area contributed by atoms with Gasteiger partial charge in [-0.3, -0.25) is 37.3 Å². The summed E-state index contributed by atoms with van der Waals surface area (Å²) in [6.07, 6.45) is 45.8. The first-order chi connectivity index (χ1) is 43.3. The summed E-state index contributed by atoms with van der Waals surface area (Å²) < 4.78 is 68.3. The Balaban J connectivity index is 5.23. The fraction of sp³-hybridized carbons (Fsp3) is 0.944. The summed E-state index contributed by atoms with van der Waals surface area (Å²) in [4.78, 5) is 72.5. The van der Waals surface area contributed by atoms with Crippen LogP contribution < -0.4 is 0 Å². The highest BCUT2D eigenvalue weighted by atomic mass is 31.2. The van der Waals surface area contributed by atoms with E-state index in [1.165, 1.54) is 167 Å². The maximum absolute atomic E-state index is 13.0. The van der Waals surface area contributed by atoms with Crippen molar-refractivity contribution in [1.82, 2.24) is 0 Å². The number of phosphoric acid groups is 2. The van der Waals surface area contributed by atoms with E-state index in [0.717, 1.165) is 108 Å². The van der Waals surface area contributed by atoms with Crippen LogP contribution in [0.25, 0.3) is 0 Å². The zero-order chi connectivity index (χ0) is 66.6. The molecule has 19 heteroatoms. The van der Waals surface area contributed by atoms with Gasteiger partial charge in [0.15, 0.2) is 12.2 Å². The van der Waals surface area contributed by atoms with Crippen molar-refractivity contribution in [3.8, 4) is 0 Å². The van der Waals surface area contributed by atoms with E-state index in [0.29, 0.717) is 25.7 Å². The van der Waals surface area contributed by atoms with E-state index >= 15 is 0 Å². The second kappa shape index (κ2) is 61.9. The molecule has 0 fully saturated rings. The van der Waals surface area contributed by atoms with E-state index in [4.69, 9.17) is 37.0 Å². The molecule has 0 saturated heterocycles. The maximum atomic E-state index is 13.0. The lowest BCUT2D eigenvalue weighted by Gasteiger charge is -2.21. The molecule has 0 aliphatic carbocycles. The Morgan fingerprint density at radius 3 is 0.844 bits per heavy atom. The van der Waals surface area contributed by atoms with Crippen molar-refractivity contribution < 1.29 is 80.2 Å². The summed E-state index contributed by atoms with van der Waals surface area (Å²) >= 11 is 0. The van der Waals surface area contributed by atoms with Gasteiger partial charge in [-0.25, -0.2) is 9.13 Å². The molecule has 534 valence electrons. The standard InChI is InChI=1S/C71H138O17P2/c1-8-11-12-13-14-23-30-38-45-52-68(73)81-59-67(88-71(76)55-48-41-34-33-37-44-51-64(7)10-3)61-86-90(79,80)84-57-65(72)56-83-89(77,78)85-60-66(58-82-69(74)53-46-39-31-26-22-21-24-28-35-42-49-62(4)5)87-70(75)54-47-40-32-27-20-18-16-15-17-19-25-29-36-43-50-63(6)9-2/h62-67,72H,8-61H2,1-7H3,(H,77,78)(H,79,80)/t63?,64?,65-,66-,67-/m1/s1. The summed E-state index contributed by atoms with van der Waals surface area (Å²) in [5.74, 6) is 0.196. The van der Waals surface area contributed by atoms with Gasteiger partial charge in [-0.15, -0.1) is 0 Å². The molecule has 0 aromatic carbocycles. The molecule has 0 saturated carbocycles. The van der Waals surface area contributed by atoms with E-state index < -0.39 is 97.5 Å². The molecule has 17 nitrogen and oxygen atoms in total. The second-order valence-electron chi connectivity index (χ2n) is 26.6. The van der Waals surface area contributed by atoms with Crippen molar-refractivity contribution in [3.05, 3.63) is 0 Å². The van der Waals surface area contributed by atoms with E-state index in [9.17, 15) is 43.2 Å². The highest BCUT2D eigenvalue weighted by molar-refractivity contribution is 7.47. The highest BCUT2D eigenvalue weighted by Gasteiger charge is 2.30. The molecule has 0 amide bonds. The van der Waals surface area contributed by atoms with Gasteiger partial charge in [0, 0.05) is 25.7 Å². The number of esters is 4. The lowest BCUT2D eigenvalue weighted by Crippen LogP contribution is -2.30. The molecule has 0 aliphatic rings. The minimum absolute atomic E-state index is 0.103. The predicted molar refractivity (Wildman–Crippen MR) is 363 cm³/mol. The average Bonchev–Trinajstić information content (AvgIpc) is 2.94. The lowest BCUT2D eigenvalue weighted by molar-refractivity contribution is -0.161. The van der Waals surface area contributed by atoms with Crippen LogP contribution in [0.3, 0.4) is 0 Å². The van der Waals surface area contributed by atoms with Crippen LogP contribution in [-0.2, 0) is 65.4 Å². The Kier molecular flexibility index (Phi) is 60.6. The molecule has 3 N–H and O–H groups in total. The third-order valence-corrected chi connectivity index (χ3v) is 19.0. The molecule has 0 radical (unpaired) electrons. The number of hydrogen-bond donors (Lipinski definition) is 3. The summed E-state index contributed by atoms with van der Waals surface area (Å²) in [6, 6.07) is 0. The third-order valence-electron chi connectivity index (χ3n) is 17.1. The number of unbranched alkanes of at least 4 members (excludes halogenated alkanes) is 35. The van der Waals surface area contributed by atoms with Crippen molar-refractivity contribution in [2.75, 3.05) is 39.6 Å². The number of aliphatic hydroxyl groups is 1. The van der Waals surface area contributed by atoms with E-state index in [-0.39, 0.29) is 25.7 Å². The number of carbonyl (C=O) groups excluding carboxylic acids is 4. The first kappa shape index (κ1) is 88.1. The minimum atomic E-state index is -4.95. The van der Waals surface area contributed by atoms with E-state index in [2.05, 4.69) is 48.5 Å². The van der Waals surface area contributed by atoms with Crippen LogP contribution in [-0.4, -0.2) is 96.7 Å². The molecule has 0 bridgehead atoms. The Hall–Kier alpha value is -1.94. The van der Waals surface area contributed by atoms with Gasteiger partial charge in [-0.2, -0.15) is 0 Å². The summed E-state index contributed by atoms with van der Waals surface area (Å²) in [5, 5.41) is 10.6. The van der Waals surface area contributed by atoms with Crippen molar-refractivity contribution in [2.24, 2.45) is 17.8 Å². The van der Waals surface area contributed by atoms with Crippen LogP contribution in [0.15, 0.2) is 0 Å². The van der Waals surface area contributed by atoms with Crippen LogP contribution in [0.2, 0.25) is 0 Å². The molecule has 7 atom stereocenters. The van der Waals surface area contributed by atoms with Gasteiger partial charge in [0.05, 0.1) is 26.4 Å². The topological polar surface area (TPSA) is 237 Å². The van der Waals surface area contributed by atoms with Gasteiger partial charge < -0.3 is 33.8 Å². The van der Waals surface area contributed by atoms with Crippen LogP contribution in [0.4, 0.5) is 0 Å². The van der Waals surface area contributed by atoms with Gasteiger partial charge in [0.2, 0.25) is 0 Å². The molecule has 4 unspecified atom stereocenters. The molecular weight excluding hydrogens is 1190 g/mol. The van der Waals surface area contributed by atoms with Crippen molar-refractivity contribution in [2.45, 2.75) is 375 Å². The summed E-state index contributed by atoms with van der Waals surface area (Å²) in [6.45, 7) is 11.8. The molecule has 0 heterocycles.